The van der Waals surface area contributed by atoms with Gasteiger partial charge in [0.05, 0.1) is 5.02 Å². The second-order valence-electron chi connectivity index (χ2n) is 3.55. The number of nitrogens with zero attached hydrogens (tertiary/aromatic N) is 1. The molecular formula is C11H17ClN2O. The molecule has 1 rings (SSSR count). The van der Waals surface area contributed by atoms with Crippen molar-refractivity contribution in [3.63, 3.8) is 0 Å². The summed E-state index contributed by atoms with van der Waals surface area (Å²) in [5, 5.41) is 3.66. The predicted molar refractivity (Wildman–Crippen MR) is 65.0 cm³/mol. The third-order valence-electron chi connectivity index (χ3n) is 2.02. The molecule has 84 valence electrons. The lowest BCUT2D eigenvalue weighted by Crippen LogP contribution is -2.19. The third-order valence-corrected chi connectivity index (χ3v) is 2.31. The molecular weight excluding hydrogens is 212 g/mol. The van der Waals surface area contributed by atoms with E-state index in [4.69, 9.17) is 16.3 Å². The van der Waals surface area contributed by atoms with Gasteiger partial charge in [0, 0.05) is 19.3 Å². The number of rotatable bonds is 5. The molecule has 1 N–H and O–H groups in total. The second kappa shape index (κ2) is 5.83. The third kappa shape index (κ3) is 3.98. The van der Waals surface area contributed by atoms with Crippen LogP contribution in [0.15, 0.2) is 18.2 Å². The summed E-state index contributed by atoms with van der Waals surface area (Å²) in [5.41, 5.74) is 0.986. The number of halogens is 1. The number of benzene rings is 1. The van der Waals surface area contributed by atoms with Gasteiger partial charge in [0.2, 0.25) is 0 Å². The van der Waals surface area contributed by atoms with Crippen molar-refractivity contribution in [1.29, 1.82) is 0 Å². The highest BCUT2D eigenvalue weighted by atomic mass is 35.5. The molecule has 15 heavy (non-hydrogen) atoms. The zero-order valence-corrected chi connectivity index (χ0v) is 10.1. The average molecular weight is 229 g/mol. The van der Waals surface area contributed by atoms with Gasteiger partial charge >= 0.3 is 0 Å². The SMILES string of the molecule is CNc1ccc(OCCN(C)C)c(Cl)c1. The highest BCUT2D eigenvalue weighted by Crippen LogP contribution is 2.27. The Balaban J connectivity index is 2.54. The van der Waals surface area contributed by atoms with Crippen LogP contribution in [0.25, 0.3) is 0 Å². The van der Waals surface area contributed by atoms with E-state index in [1.54, 1.807) is 0 Å². The minimum atomic E-state index is 0.639. The molecule has 0 aromatic heterocycles. The van der Waals surface area contributed by atoms with Crippen LogP contribution in [-0.4, -0.2) is 39.2 Å². The molecule has 0 unspecified atom stereocenters. The van der Waals surface area contributed by atoms with E-state index in [1.807, 2.05) is 39.3 Å². The van der Waals surface area contributed by atoms with Gasteiger partial charge in [-0.3, -0.25) is 0 Å². The summed E-state index contributed by atoms with van der Waals surface area (Å²) in [4.78, 5) is 2.07. The Hall–Kier alpha value is -0.930. The van der Waals surface area contributed by atoms with Crippen LogP contribution in [0, 0.1) is 0 Å². The van der Waals surface area contributed by atoms with Crippen LogP contribution in [0.4, 0.5) is 5.69 Å². The zero-order valence-electron chi connectivity index (χ0n) is 9.38. The molecule has 0 bridgehead atoms. The molecule has 0 aliphatic carbocycles. The number of anilines is 1. The van der Waals surface area contributed by atoms with E-state index >= 15 is 0 Å². The van der Waals surface area contributed by atoms with Gasteiger partial charge in [0.25, 0.3) is 0 Å². The Morgan fingerprint density at radius 1 is 1.40 bits per heavy atom. The summed E-state index contributed by atoms with van der Waals surface area (Å²) in [6, 6.07) is 5.67. The van der Waals surface area contributed by atoms with Crippen molar-refractivity contribution in [3.05, 3.63) is 23.2 Å². The quantitative estimate of drug-likeness (QED) is 0.837. The lowest BCUT2D eigenvalue weighted by atomic mass is 10.3. The van der Waals surface area contributed by atoms with Gasteiger partial charge in [0.1, 0.15) is 12.4 Å². The average Bonchev–Trinajstić information content (AvgIpc) is 2.20. The van der Waals surface area contributed by atoms with Gasteiger partial charge in [0.15, 0.2) is 0 Å². The summed E-state index contributed by atoms with van der Waals surface area (Å²) in [5.74, 6) is 0.734. The number of hydrogen-bond acceptors (Lipinski definition) is 3. The van der Waals surface area contributed by atoms with Gasteiger partial charge in [-0.1, -0.05) is 11.6 Å². The Labute approximate surface area is 96.0 Å². The molecule has 0 radical (unpaired) electrons. The zero-order chi connectivity index (χ0) is 11.3. The highest BCUT2D eigenvalue weighted by Gasteiger charge is 2.02. The van der Waals surface area contributed by atoms with Gasteiger partial charge in [-0.15, -0.1) is 0 Å². The lowest BCUT2D eigenvalue weighted by Gasteiger charge is -2.12. The van der Waals surface area contributed by atoms with Crippen LogP contribution < -0.4 is 10.1 Å². The first-order valence-corrected chi connectivity index (χ1v) is 5.26. The predicted octanol–water partition coefficient (Wildman–Crippen LogP) is 2.32. The smallest absolute Gasteiger partial charge is 0.138 e. The first kappa shape index (κ1) is 12.1. The van der Waals surface area contributed by atoms with E-state index in [-0.39, 0.29) is 0 Å². The summed E-state index contributed by atoms with van der Waals surface area (Å²) in [7, 11) is 5.88. The topological polar surface area (TPSA) is 24.5 Å². The second-order valence-corrected chi connectivity index (χ2v) is 3.95. The number of likely N-dealkylation sites (N-methyl/N-ethyl adjacent to an activating group) is 1. The van der Waals surface area contributed by atoms with E-state index < -0.39 is 0 Å². The molecule has 3 nitrogen and oxygen atoms in total. The van der Waals surface area contributed by atoms with E-state index in [0.29, 0.717) is 11.6 Å². The Kier molecular flexibility index (Phi) is 4.72. The van der Waals surface area contributed by atoms with Crippen molar-refractivity contribution >= 4 is 17.3 Å². The van der Waals surface area contributed by atoms with Crippen molar-refractivity contribution in [3.8, 4) is 5.75 Å². The first-order chi connectivity index (χ1) is 7.13. The normalized spacial score (nSPS) is 10.5. The standard InChI is InChI=1S/C11H17ClN2O/c1-13-9-4-5-11(10(12)8-9)15-7-6-14(2)3/h4-5,8,13H,6-7H2,1-3H3. The summed E-state index contributed by atoms with van der Waals surface area (Å²) in [6.45, 7) is 1.52. The minimum Gasteiger partial charge on any atom is -0.491 e. The highest BCUT2D eigenvalue weighted by molar-refractivity contribution is 6.32. The first-order valence-electron chi connectivity index (χ1n) is 4.88. The van der Waals surface area contributed by atoms with Crippen molar-refractivity contribution in [2.24, 2.45) is 0 Å². The number of nitrogens with one attached hydrogen (secondary N) is 1. The van der Waals surface area contributed by atoms with Crippen molar-refractivity contribution in [1.82, 2.24) is 4.90 Å². The molecule has 0 saturated heterocycles. The summed E-state index contributed by atoms with van der Waals surface area (Å²) < 4.78 is 5.55. The van der Waals surface area contributed by atoms with Crippen LogP contribution in [0.3, 0.4) is 0 Å². The van der Waals surface area contributed by atoms with Gasteiger partial charge in [-0.05, 0) is 32.3 Å². The maximum absolute atomic E-state index is 6.04. The maximum atomic E-state index is 6.04. The Bertz CT molecular complexity index is 315. The number of ether oxygens (including phenoxy) is 1. The van der Waals surface area contributed by atoms with E-state index in [0.717, 1.165) is 18.0 Å². The maximum Gasteiger partial charge on any atom is 0.138 e. The van der Waals surface area contributed by atoms with E-state index in [9.17, 15) is 0 Å². The Morgan fingerprint density at radius 3 is 2.67 bits per heavy atom. The molecule has 0 fully saturated rings. The molecule has 4 heteroatoms. The minimum absolute atomic E-state index is 0.639. The lowest BCUT2D eigenvalue weighted by molar-refractivity contribution is 0.261. The van der Waals surface area contributed by atoms with Crippen LogP contribution in [0.1, 0.15) is 0 Å². The molecule has 0 aliphatic heterocycles. The van der Waals surface area contributed by atoms with Crippen molar-refractivity contribution in [2.75, 3.05) is 39.6 Å². The fourth-order valence-electron chi connectivity index (χ4n) is 1.11. The summed E-state index contributed by atoms with van der Waals surface area (Å²) >= 11 is 6.04. The van der Waals surface area contributed by atoms with Gasteiger partial charge < -0.3 is 15.0 Å². The summed E-state index contributed by atoms with van der Waals surface area (Å²) in [6.07, 6.45) is 0. The van der Waals surface area contributed by atoms with Gasteiger partial charge in [-0.25, -0.2) is 0 Å². The van der Waals surface area contributed by atoms with Gasteiger partial charge in [-0.2, -0.15) is 0 Å². The molecule has 0 aliphatic rings. The fraction of sp³-hybridized carbons (Fsp3) is 0.455. The molecule has 1 aromatic carbocycles. The molecule has 1 aromatic rings. The van der Waals surface area contributed by atoms with E-state index in [1.165, 1.54) is 0 Å². The molecule has 0 atom stereocenters. The molecule has 0 heterocycles. The van der Waals surface area contributed by atoms with E-state index in [2.05, 4.69) is 10.2 Å². The Morgan fingerprint density at radius 2 is 2.13 bits per heavy atom. The fourth-order valence-corrected chi connectivity index (χ4v) is 1.35. The number of hydrogen-bond donors (Lipinski definition) is 1. The largest absolute Gasteiger partial charge is 0.491 e. The van der Waals surface area contributed by atoms with Crippen molar-refractivity contribution < 1.29 is 4.74 Å². The molecule has 0 spiro atoms. The molecule has 0 saturated carbocycles. The molecule has 0 amide bonds. The monoisotopic (exact) mass is 228 g/mol. The van der Waals surface area contributed by atoms with Crippen LogP contribution in [-0.2, 0) is 0 Å². The van der Waals surface area contributed by atoms with Crippen LogP contribution >= 0.6 is 11.6 Å². The van der Waals surface area contributed by atoms with Crippen LogP contribution in [0.2, 0.25) is 5.02 Å². The van der Waals surface area contributed by atoms with Crippen LogP contribution in [0.5, 0.6) is 5.75 Å². The van der Waals surface area contributed by atoms with Crippen molar-refractivity contribution in [2.45, 2.75) is 0 Å².